The summed E-state index contributed by atoms with van der Waals surface area (Å²) >= 11 is 0. The Morgan fingerprint density at radius 2 is 1.36 bits per heavy atom. The van der Waals surface area contributed by atoms with Gasteiger partial charge >= 0.3 is 0 Å². The van der Waals surface area contributed by atoms with Crippen LogP contribution in [0.2, 0.25) is 0 Å². The SMILES string of the molecule is CCNC(=O)[C@@H](Cc1ccccc1)N(Cc1cccc(C)c1)C(=O)CN(c1cccc(C)c1)S(=O)(=O)c1ccccc1. The van der Waals surface area contributed by atoms with E-state index in [0.29, 0.717) is 12.2 Å². The quantitative estimate of drug-likeness (QED) is 0.246. The molecule has 8 heteroatoms. The second-order valence-corrected chi connectivity index (χ2v) is 12.1. The molecule has 0 saturated carbocycles. The molecule has 1 atom stereocenters. The number of nitrogens with zero attached hydrogens (tertiary/aromatic N) is 2. The van der Waals surface area contributed by atoms with Crippen molar-refractivity contribution in [1.29, 1.82) is 0 Å². The maximum atomic E-state index is 14.4. The molecule has 0 aromatic heterocycles. The van der Waals surface area contributed by atoms with Gasteiger partial charge in [-0.15, -0.1) is 0 Å². The van der Waals surface area contributed by atoms with Crippen LogP contribution in [0.4, 0.5) is 5.69 Å². The molecular formula is C34H37N3O4S. The Morgan fingerprint density at radius 3 is 1.98 bits per heavy atom. The van der Waals surface area contributed by atoms with Crippen LogP contribution in [-0.4, -0.2) is 44.3 Å². The van der Waals surface area contributed by atoms with Crippen molar-refractivity contribution >= 4 is 27.5 Å². The lowest BCUT2D eigenvalue weighted by atomic mass is 10.0. The number of hydrogen-bond acceptors (Lipinski definition) is 4. The van der Waals surface area contributed by atoms with Gasteiger partial charge in [-0.25, -0.2) is 8.42 Å². The second kappa shape index (κ2) is 14.0. The van der Waals surface area contributed by atoms with E-state index >= 15 is 0 Å². The molecule has 0 aliphatic heterocycles. The molecule has 0 unspecified atom stereocenters. The van der Waals surface area contributed by atoms with Gasteiger partial charge in [0.1, 0.15) is 12.6 Å². The molecule has 0 fully saturated rings. The van der Waals surface area contributed by atoms with Gasteiger partial charge in [0.15, 0.2) is 0 Å². The smallest absolute Gasteiger partial charge is 0.264 e. The lowest BCUT2D eigenvalue weighted by Gasteiger charge is -2.34. The predicted octanol–water partition coefficient (Wildman–Crippen LogP) is 5.27. The van der Waals surface area contributed by atoms with Crippen molar-refractivity contribution in [3.05, 3.63) is 131 Å². The Morgan fingerprint density at radius 1 is 0.762 bits per heavy atom. The van der Waals surface area contributed by atoms with Gasteiger partial charge in [-0.05, 0) is 61.7 Å². The number of aryl methyl sites for hydroxylation is 2. The number of benzene rings is 4. The van der Waals surface area contributed by atoms with Gasteiger partial charge < -0.3 is 10.2 Å². The first-order valence-corrected chi connectivity index (χ1v) is 15.4. The highest BCUT2D eigenvalue weighted by Crippen LogP contribution is 2.26. The van der Waals surface area contributed by atoms with E-state index in [9.17, 15) is 18.0 Å². The average Bonchev–Trinajstić information content (AvgIpc) is 2.98. The maximum absolute atomic E-state index is 14.4. The lowest BCUT2D eigenvalue weighted by Crippen LogP contribution is -2.53. The highest BCUT2D eigenvalue weighted by molar-refractivity contribution is 7.92. The van der Waals surface area contributed by atoms with Crippen molar-refractivity contribution in [2.75, 3.05) is 17.4 Å². The van der Waals surface area contributed by atoms with Crippen molar-refractivity contribution in [3.63, 3.8) is 0 Å². The summed E-state index contributed by atoms with van der Waals surface area (Å²) < 4.78 is 29.1. The van der Waals surface area contributed by atoms with E-state index in [0.717, 1.165) is 26.6 Å². The Bertz CT molecular complexity index is 1610. The van der Waals surface area contributed by atoms with Crippen LogP contribution in [0.1, 0.15) is 29.2 Å². The first-order valence-electron chi connectivity index (χ1n) is 14.0. The number of carbonyl (C=O) groups is 2. The summed E-state index contributed by atoms with van der Waals surface area (Å²) in [6.45, 7) is 5.73. The normalized spacial score (nSPS) is 11.9. The summed E-state index contributed by atoms with van der Waals surface area (Å²) in [6.07, 6.45) is 0.278. The average molecular weight is 584 g/mol. The molecule has 42 heavy (non-hydrogen) atoms. The Kier molecular flexibility index (Phi) is 10.1. The van der Waals surface area contributed by atoms with Crippen LogP contribution < -0.4 is 9.62 Å². The number of anilines is 1. The lowest BCUT2D eigenvalue weighted by molar-refractivity contribution is -0.140. The third kappa shape index (κ3) is 7.64. The number of likely N-dealkylation sites (N-methyl/N-ethyl adjacent to an activating group) is 1. The number of rotatable bonds is 12. The standard InChI is InChI=1S/C34H37N3O4S/c1-4-35-34(39)32(23-28-15-7-5-8-16-28)36(24-29-17-11-13-26(2)21-29)33(38)25-37(30-18-12-14-27(3)22-30)42(40,41)31-19-9-6-10-20-31/h5-22,32H,4,23-25H2,1-3H3,(H,35,39)/t32-/m1/s1. The maximum Gasteiger partial charge on any atom is 0.264 e. The minimum Gasteiger partial charge on any atom is -0.355 e. The van der Waals surface area contributed by atoms with Gasteiger partial charge in [0.25, 0.3) is 10.0 Å². The fourth-order valence-electron chi connectivity index (χ4n) is 4.88. The van der Waals surface area contributed by atoms with Gasteiger partial charge in [0.05, 0.1) is 10.6 Å². The zero-order valence-electron chi connectivity index (χ0n) is 24.2. The van der Waals surface area contributed by atoms with E-state index < -0.39 is 28.5 Å². The fraction of sp³-hybridized carbons (Fsp3) is 0.235. The first kappa shape index (κ1) is 30.5. The Balaban J connectivity index is 1.79. The summed E-state index contributed by atoms with van der Waals surface area (Å²) in [5.74, 6) is -0.778. The first-order chi connectivity index (χ1) is 20.2. The summed E-state index contributed by atoms with van der Waals surface area (Å²) in [5, 5.41) is 2.88. The van der Waals surface area contributed by atoms with Gasteiger partial charge in [-0.1, -0.05) is 90.5 Å². The van der Waals surface area contributed by atoms with Crippen LogP contribution in [0.5, 0.6) is 0 Å². The molecule has 218 valence electrons. The zero-order chi connectivity index (χ0) is 30.1. The van der Waals surface area contributed by atoms with Gasteiger partial charge in [-0.3, -0.25) is 13.9 Å². The molecule has 4 aromatic rings. The van der Waals surface area contributed by atoms with Crippen molar-refractivity contribution in [3.8, 4) is 0 Å². The van der Waals surface area contributed by atoms with Crippen molar-refractivity contribution < 1.29 is 18.0 Å². The number of sulfonamides is 1. The van der Waals surface area contributed by atoms with Crippen LogP contribution in [0.25, 0.3) is 0 Å². The highest BCUT2D eigenvalue weighted by atomic mass is 32.2. The predicted molar refractivity (Wildman–Crippen MR) is 166 cm³/mol. The molecule has 1 N–H and O–H groups in total. The number of carbonyl (C=O) groups excluding carboxylic acids is 2. The van der Waals surface area contributed by atoms with Crippen molar-refractivity contribution in [2.45, 2.75) is 44.7 Å². The largest absolute Gasteiger partial charge is 0.355 e. The molecule has 7 nitrogen and oxygen atoms in total. The van der Waals surface area contributed by atoms with E-state index in [-0.39, 0.29) is 23.8 Å². The topological polar surface area (TPSA) is 86.8 Å². The molecule has 0 aliphatic rings. The van der Waals surface area contributed by atoms with Gasteiger partial charge in [0, 0.05) is 19.5 Å². The van der Waals surface area contributed by atoms with E-state index in [1.54, 1.807) is 36.4 Å². The third-order valence-corrected chi connectivity index (χ3v) is 8.75. The minimum atomic E-state index is -4.11. The Labute approximate surface area is 248 Å². The molecule has 0 spiro atoms. The molecule has 0 bridgehead atoms. The monoisotopic (exact) mass is 583 g/mol. The molecule has 4 aromatic carbocycles. The van der Waals surface area contributed by atoms with Gasteiger partial charge in [0.2, 0.25) is 11.8 Å². The van der Waals surface area contributed by atoms with E-state index in [2.05, 4.69) is 5.32 Å². The van der Waals surface area contributed by atoms with Crippen LogP contribution in [-0.2, 0) is 32.6 Å². The molecule has 0 saturated heterocycles. The fourth-order valence-corrected chi connectivity index (χ4v) is 6.31. The molecule has 0 radical (unpaired) electrons. The number of amides is 2. The molecular weight excluding hydrogens is 546 g/mol. The Hall–Kier alpha value is -4.43. The number of hydrogen-bond donors (Lipinski definition) is 1. The summed E-state index contributed by atoms with van der Waals surface area (Å²) in [4.78, 5) is 29.5. The van der Waals surface area contributed by atoms with E-state index in [4.69, 9.17) is 0 Å². The van der Waals surface area contributed by atoms with E-state index in [1.165, 1.54) is 17.0 Å². The van der Waals surface area contributed by atoms with Crippen LogP contribution in [0.3, 0.4) is 0 Å². The summed E-state index contributed by atoms with van der Waals surface area (Å²) in [5.41, 5.74) is 3.99. The molecule has 4 rings (SSSR count). The molecule has 0 heterocycles. The van der Waals surface area contributed by atoms with Gasteiger partial charge in [-0.2, -0.15) is 0 Å². The van der Waals surface area contributed by atoms with Crippen LogP contribution in [0, 0.1) is 13.8 Å². The van der Waals surface area contributed by atoms with Crippen LogP contribution in [0.15, 0.2) is 114 Å². The minimum absolute atomic E-state index is 0.0779. The number of nitrogens with one attached hydrogen (secondary N) is 1. The third-order valence-electron chi connectivity index (χ3n) is 6.96. The molecule has 2 amide bonds. The molecule has 0 aliphatic carbocycles. The summed E-state index contributed by atoms with van der Waals surface area (Å²) in [6, 6.07) is 31.5. The van der Waals surface area contributed by atoms with Crippen molar-refractivity contribution in [2.24, 2.45) is 0 Å². The van der Waals surface area contributed by atoms with Crippen molar-refractivity contribution in [1.82, 2.24) is 10.2 Å². The zero-order valence-corrected chi connectivity index (χ0v) is 25.1. The highest BCUT2D eigenvalue weighted by Gasteiger charge is 2.34. The van der Waals surface area contributed by atoms with E-state index in [1.807, 2.05) is 81.4 Å². The summed E-state index contributed by atoms with van der Waals surface area (Å²) in [7, 11) is -4.11. The second-order valence-electron chi connectivity index (χ2n) is 10.3. The van der Waals surface area contributed by atoms with Crippen LogP contribution >= 0.6 is 0 Å².